The van der Waals surface area contributed by atoms with Crippen molar-refractivity contribution in [2.24, 2.45) is 0 Å². The van der Waals surface area contributed by atoms with Gasteiger partial charge in [0.1, 0.15) is 5.69 Å². The van der Waals surface area contributed by atoms with Gasteiger partial charge in [0.15, 0.2) is 0 Å². The van der Waals surface area contributed by atoms with E-state index in [2.05, 4.69) is 10.3 Å². The Morgan fingerprint density at radius 1 is 1.00 bits per heavy atom. The highest BCUT2D eigenvalue weighted by molar-refractivity contribution is 6.30. The number of carboxylic acid groups (broad SMARTS) is 1. The molecule has 7 heteroatoms. The minimum atomic E-state index is -1.06. The van der Waals surface area contributed by atoms with E-state index in [1.165, 1.54) is 12.5 Å². The molecule has 0 amide bonds. The maximum atomic E-state index is 13.0. The van der Waals surface area contributed by atoms with Gasteiger partial charge in [0, 0.05) is 35.1 Å². The molecular formula is C26H26ClN3O3. The van der Waals surface area contributed by atoms with Crippen molar-refractivity contribution in [3.05, 3.63) is 82.6 Å². The second kappa shape index (κ2) is 10.0. The monoisotopic (exact) mass is 463 g/mol. The predicted octanol–water partition coefficient (Wildman–Crippen LogP) is 6.18. The fourth-order valence-corrected chi connectivity index (χ4v) is 4.26. The molecule has 0 radical (unpaired) electrons. The molecule has 1 aliphatic carbocycles. The number of aromatic carboxylic acids is 1. The lowest BCUT2D eigenvalue weighted by Gasteiger charge is -2.24. The van der Waals surface area contributed by atoms with Gasteiger partial charge in [-0.25, -0.2) is 4.79 Å². The summed E-state index contributed by atoms with van der Waals surface area (Å²) in [5, 5.41) is 13.7. The van der Waals surface area contributed by atoms with Crippen LogP contribution in [0.1, 0.15) is 58.5 Å². The van der Waals surface area contributed by atoms with Crippen LogP contribution in [0.15, 0.2) is 60.8 Å². The highest BCUT2D eigenvalue weighted by atomic mass is 35.5. The highest BCUT2D eigenvalue weighted by Gasteiger charge is 2.20. The molecular weight excluding hydrogens is 438 g/mol. The number of hydrogen-bond acceptors (Lipinski definition) is 5. The number of ketones is 1. The molecule has 0 saturated heterocycles. The number of anilines is 3. The Kier molecular flexibility index (Phi) is 6.94. The zero-order chi connectivity index (χ0) is 23.4. The largest absolute Gasteiger partial charge is 0.478 e. The highest BCUT2D eigenvalue weighted by Crippen LogP contribution is 2.27. The fourth-order valence-electron chi connectivity index (χ4n) is 4.14. The van der Waals surface area contributed by atoms with Crippen molar-refractivity contribution in [3.8, 4) is 0 Å². The van der Waals surface area contributed by atoms with Crippen molar-refractivity contribution >= 4 is 40.4 Å². The van der Waals surface area contributed by atoms with Crippen LogP contribution in [0, 0.1) is 0 Å². The molecule has 0 atom stereocenters. The van der Waals surface area contributed by atoms with Gasteiger partial charge in [-0.1, -0.05) is 30.9 Å². The predicted molar refractivity (Wildman–Crippen MR) is 131 cm³/mol. The molecule has 4 rings (SSSR count). The van der Waals surface area contributed by atoms with Crippen LogP contribution >= 0.6 is 11.6 Å². The van der Waals surface area contributed by atoms with Crippen LogP contribution in [0.3, 0.4) is 0 Å². The second-order valence-corrected chi connectivity index (χ2v) is 8.75. The number of aromatic nitrogens is 1. The maximum absolute atomic E-state index is 13.0. The van der Waals surface area contributed by atoms with E-state index < -0.39 is 5.97 Å². The van der Waals surface area contributed by atoms with E-state index in [4.69, 9.17) is 11.6 Å². The normalized spacial score (nSPS) is 14.0. The lowest BCUT2D eigenvalue weighted by Crippen LogP contribution is -2.23. The van der Waals surface area contributed by atoms with Gasteiger partial charge in [0.05, 0.1) is 17.4 Å². The smallest absolute Gasteiger partial charge is 0.337 e. The SMILES string of the molecule is CN(c1ccc(Cl)cc1)c1ccc(C(=O)c2ccc(NC3CCCCC3)c(C(=O)O)c2)nc1. The summed E-state index contributed by atoms with van der Waals surface area (Å²) >= 11 is 5.96. The number of nitrogens with zero attached hydrogens (tertiary/aromatic N) is 2. The lowest BCUT2D eigenvalue weighted by molar-refractivity contribution is 0.0698. The van der Waals surface area contributed by atoms with E-state index in [9.17, 15) is 14.7 Å². The van der Waals surface area contributed by atoms with E-state index in [-0.39, 0.29) is 23.1 Å². The number of carbonyl (C=O) groups excluding carboxylic acids is 1. The Bertz CT molecular complexity index is 1140. The molecule has 170 valence electrons. The minimum Gasteiger partial charge on any atom is -0.478 e. The third-order valence-corrected chi connectivity index (χ3v) is 6.31. The lowest BCUT2D eigenvalue weighted by atomic mass is 9.94. The second-order valence-electron chi connectivity index (χ2n) is 8.31. The van der Waals surface area contributed by atoms with Gasteiger partial charge in [0.2, 0.25) is 5.78 Å². The van der Waals surface area contributed by atoms with Crippen molar-refractivity contribution in [1.82, 2.24) is 4.98 Å². The van der Waals surface area contributed by atoms with Crippen molar-refractivity contribution < 1.29 is 14.7 Å². The number of nitrogens with one attached hydrogen (secondary N) is 1. The van der Waals surface area contributed by atoms with E-state index in [1.54, 1.807) is 24.4 Å². The van der Waals surface area contributed by atoms with Gasteiger partial charge in [-0.15, -0.1) is 0 Å². The third-order valence-electron chi connectivity index (χ3n) is 6.06. The van der Waals surface area contributed by atoms with Crippen LogP contribution in [0.4, 0.5) is 17.1 Å². The van der Waals surface area contributed by atoms with Crippen LogP contribution in [-0.2, 0) is 0 Å². The Hall–Kier alpha value is -3.38. The number of rotatable bonds is 7. The van der Waals surface area contributed by atoms with Gasteiger partial charge < -0.3 is 15.3 Å². The van der Waals surface area contributed by atoms with Crippen molar-refractivity contribution in [2.75, 3.05) is 17.3 Å². The molecule has 6 nitrogen and oxygen atoms in total. The molecule has 0 spiro atoms. The average Bonchev–Trinajstić information content (AvgIpc) is 2.84. The number of carboxylic acids is 1. The van der Waals surface area contributed by atoms with Gasteiger partial charge in [0.25, 0.3) is 0 Å². The van der Waals surface area contributed by atoms with E-state index in [0.29, 0.717) is 16.3 Å². The van der Waals surface area contributed by atoms with Gasteiger partial charge in [-0.3, -0.25) is 9.78 Å². The Labute approximate surface area is 198 Å². The molecule has 1 heterocycles. The molecule has 1 fully saturated rings. The van der Waals surface area contributed by atoms with E-state index in [1.807, 2.05) is 42.3 Å². The first-order valence-corrected chi connectivity index (χ1v) is 11.4. The molecule has 0 aliphatic heterocycles. The van der Waals surface area contributed by atoms with Crippen LogP contribution < -0.4 is 10.2 Å². The van der Waals surface area contributed by atoms with E-state index >= 15 is 0 Å². The van der Waals surface area contributed by atoms with Crippen LogP contribution in [0.2, 0.25) is 5.02 Å². The summed E-state index contributed by atoms with van der Waals surface area (Å²) in [6.45, 7) is 0. The Morgan fingerprint density at radius 2 is 1.70 bits per heavy atom. The molecule has 2 N–H and O–H groups in total. The summed E-state index contributed by atoms with van der Waals surface area (Å²) in [4.78, 5) is 31.1. The Morgan fingerprint density at radius 3 is 2.33 bits per heavy atom. The van der Waals surface area contributed by atoms with Gasteiger partial charge >= 0.3 is 5.97 Å². The van der Waals surface area contributed by atoms with Crippen LogP contribution in [-0.4, -0.2) is 34.9 Å². The molecule has 0 unspecified atom stereocenters. The number of pyridine rings is 1. The first kappa shape index (κ1) is 22.8. The molecule has 1 saturated carbocycles. The number of benzene rings is 2. The van der Waals surface area contributed by atoms with E-state index in [0.717, 1.165) is 37.1 Å². The summed E-state index contributed by atoms with van der Waals surface area (Å²) in [7, 11) is 1.90. The summed E-state index contributed by atoms with van der Waals surface area (Å²) < 4.78 is 0. The summed E-state index contributed by atoms with van der Waals surface area (Å²) in [5.74, 6) is -1.38. The van der Waals surface area contributed by atoms with Crippen molar-refractivity contribution in [1.29, 1.82) is 0 Å². The van der Waals surface area contributed by atoms with Crippen molar-refractivity contribution in [3.63, 3.8) is 0 Å². The molecule has 3 aromatic rings. The standard InChI is InChI=1S/C26H26ClN3O3/c1-30(20-10-8-18(27)9-11-20)21-12-14-24(28-16-21)25(31)17-7-13-23(22(15-17)26(32)33)29-19-5-3-2-4-6-19/h7-16,19,29H,2-6H2,1H3,(H,32,33). The maximum Gasteiger partial charge on any atom is 0.337 e. The minimum absolute atomic E-state index is 0.102. The fraction of sp³-hybridized carbons (Fsp3) is 0.269. The molecule has 33 heavy (non-hydrogen) atoms. The van der Waals surface area contributed by atoms with Gasteiger partial charge in [-0.05, 0) is 67.4 Å². The molecule has 2 aromatic carbocycles. The van der Waals surface area contributed by atoms with Crippen LogP contribution in [0.25, 0.3) is 0 Å². The number of hydrogen-bond donors (Lipinski definition) is 2. The Balaban J connectivity index is 1.52. The molecule has 1 aromatic heterocycles. The molecule has 1 aliphatic rings. The van der Waals surface area contributed by atoms with Crippen LogP contribution in [0.5, 0.6) is 0 Å². The third kappa shape index (κ3) is 5.34. The summed E-state index contributed by atoms with van der Waals surface area (Å²) in [6.07, 6.45) is 7.19. The van der Waals surface area contributed by atoms with Gasteiger partial charge in [-0.2, -0.15) is 0 Å². The van der Waals surface area contributed by atoms with Crippen molar-refractivity contribution in [2.45, 2.75) is 38.1 Å². The summed E-state index contributed by atoms with van der Waals surface area (Å²) in [5.41, 5.74) is 2.96. The summed E-state index contributed by atoms with van der Waals surface area (Å²) in [6, 6.07) is 15.9. The number of halogens is 1. The first-order valence-electron chi connectivity index (χ1n) is 11.1. The average molecular weight is 464 g/mol. The molecule has 0 bridgehead atoms. The zero-order valence-electron chi connectivity index (χ0n) is 18.4. The quantitative estimate of drug-likeness (QED) is 0.407. The topological polar surface area (TPSA) is 82.5 Å². The first-order chi connectivity index (χ1) is 15.9. The zero-order valence-corrected chi connectivity index (χ0v) is 19.2. The number of carbonyl (C=O) groups is 2.